The van der Waals surface area contributed by atoms with Crippen LogP contribution in [0.15, 0.2) is 41.2 Å². The van der Waals surface area contributed by atoms with E-state index in [-0.39, 0.29) is 12.0 Å². The van der Waals surface area contributed by atoms with Gasteiger partial charge in [0.1, 0.15) is 0 Å². The zero-order chi connectivity index (χ0) is 25.0. The van der Waals surface area contributed by atoms with Gasteiger partial charge in [-0.2, -0.15) is 23.5 Å². The van der Waals surface area contributed by atoms with Crippen molar-refractivity contribution in [2.45, 2.75) is 52.0 Å². The standard InChI is InChI=1S/C27H35N3O3S2/c1-19-9-5-10-20(2)23(19)17-34-15-7-13-32-26-28-25(31)29-27(30-26)33-14-8-16-35-18-24-21(3)11-6-12-22(24)4/h5-6,9-12H,7-8,13-18H2,1-4H3,(H,28,29,30,31). The molecule has 0 aliphatic heterocycles. The summed E-state index contributed by atoms with van der Waals surface area (Å²) in [5.74, 6) is 3.90. The second-order valence-electron chi connectivity index (χ2n) is 8.49. The van der Waals surface area contributed by atoms with E-state index in [1.165, 1.54) is 33.4 Å². The molecule has 1 aromatic heterocycles. The van der Waals surface area contributed by atoms with Crippen LogP contribution in [-0.2, 0) is 11.5 Å². The second kappa shape index (κ2) is 14.2. The average Bonchev–Trinajstić information content (AvgIpc) is 2.81. The van der Waals surface area contributed by atoms with Crippen molar-refractivity contribution in [1.29, 1.82) is 0 Å². The molecule has 0 amide bonds. The van der Waals surface area contributed by atoms with Crippen LogP contribution in [0.3, 0.4) is 0 Å². The Kier molecular flexibility index (Phi) is 11.0. The fourth-order valence-electron chi connectivity index (χ4n) is 3.64. The van der Waals surface area contributed by atoms with Gasteiger partial charge >= 0.3 is 17.7 Å². The average molecular weight is 514 g/mol. The van der Waals surface area contributed by atoms with E-state index < -0.39 is 5.69 Å². The van der Waals surface area contributed by atoms with Crippen LogP contribution >= 0.6 is 23.5 Å². The van der Waals surface area contributed by atoms with Crippen molar-refractivity contribution in [3.8, 4) is 12.0 Å². The number of H-pyrrole nitrogens is 1. The van der Waals surface area contributed by atoms with E-state index in [1.807, 2.05) is 23.5 Å². The number of hydrogen-bond donors (Lipinski definition) is 1. The zero-order valence-electron chi connectivity index (χ0n) is 21.1. The number of aromatic nitrogens is 3. The van der Waals surface area contributed by atoms with Crippen molar-refractivity contribution < 1.29 is 9.47 Å². The maximum absolute atomic E-state index is 11.8. The Morgan fingerprint density at radius 2 is 1.23 bits per heavy atom. The maximum atomic E-state index is 11.8. The maximum Gasteiger partial charge on any atom is 0.353 e. The van der Waals surface area contributed by atoms with Gasteiger partial charge < -0.3 is 9.47 Å². The van der Waals surface area contributed by atoms with Crippen LogP contribution in [0.25, 0.3) is 0 Å². The molecule has 35 heavy (non-hydrogen) atoms. The Morgan fingerprint density at radius 3 is 1.74 bits per heavy atom. The molecule has 0 aliphatic rings. The molecular weight excluding hydrogens is 478 g/mol. The molecule has 188 valence electrons. The number of hydrogen-bond acceptors (Lipinski definition) is 7. The van der Waals surface area contributed by atoms with Gasteiger partial charge in [0.15, 0.2) is 0 Å². The van der Waals surface area contributed by atoms with Gasteiger partial charge in [0, 0.05) is 11.5 Å². The summed E-state index contributed by atoms with van der Waals surface area (Å²) in [6, 6.07) is 13.0. The highest BCUT2D eigenvalue weighted by molar-refractivity contribution is 7.98. The van der Waals surface area contributed by atoms with Crippen molar-refractivity contribution in [2.75, 3.05) is 24.7 Å². The van der Waals surface area contributed by atoms with Gasteiger partial charge in [0.2, 0.25) is 0 Å². The van der Waals surface area contributed by atoms with Crippen molar-refractivity contribution in [1.82, 2.24) is 15.0 Å². The third-order valence-corrected chi connectivity index (χ3v) is 7.87. The lowest BCUT2D eigenvalue weighted by atomic mass is 10.1. The minimum absolute atomic E-state index is 0.0629. The first kappa shape index (κ1) is 27.1. The Bertz CT molecular complexity index is 1030. The molecule has 2 aromatic carbocycles. The number of aromatic amines is 1. The summed E-state index contributed by atoms with van der Waals surface area (Å²) in [4.78, 5) is 22.4. The summed E-state index contributed by atoms with van der Waals surface area (Å²) in [6.45, 7) is 9.55. The first-order valence-corrected chi connectivity index (χ1v) is 14.2. The van der Waals surface area contributed by atoms with E-state index >= 15 is 0 Å². The van der Waals surface area contributed by atoms with Crippen LogP contribution in [0.2, 0.25) is 0 Å². The largest absolute Gasteiger partial charge is 0.465 e. The topological polar surface area (TPSA) is 77.1 Å². The van der Waals surface area contributed by atoms with E-state index in [2.05, 4.69) is 79.0 Å². The van der Waals surface area contributed by atoms with E-state index in [0.29, 0.717) is 13.2 Å². The molecule has 0 bridgehead atoms. The summed E-state index contributed by atoms with van der Waals surface area (Å²) in [6.07, 6.45) is 1.70. The van der Waals surface area contributed by atoms with E-state index in [4.69, 9.17) is 9.47 Å². The highest BCUT2D eigenvalue weighted by Gasteiger charge is 2.07. The van der Waals surface area contributed by atoms with Gasteiger partial charge in [0.25, 0.3) is 0 Å². The van der Waals surface area contributed by atoms with Gasteiger partial charge in [-0.1, -0.05) is 36.4 Å². The summed E-state index contributed by atoms with van der Waals surface area (Å²) in [5, 5.41) is 0. The Labute approximate surface area is 216 Å². The molecule has 0 unspecified atom stereocenters. The quantitative estimate of drug-likeness (QED) is 0.273. The molecule has 6 nitrogen and oxygen atoms in total. The Hall–Kier alpha value is -2.45. The molecule has 0 radical (unpaired) electrons. The molecule has 0 spiro atoms. The SMILES string of the molecule is Cc1cccc(C)c1CSCCCOc1nc(OCCCSCc2c(C)cccc2C)[nH]c(=O)n1. The number of ether oxygens (including phenoxy) is 2. The number of nitrogens with one attached hydrogen (secondary N) is 1. The first-order chi connectivity index (χ1) is 16.9. The summed E-state index contributed by atoms with van der Waals surface area (Å²) >= 11 is 3.76. The zero-order valence-corrected chi connectivity index (χ0v) is 22.7. The predicted octanol–water partition coefficient (Wildman–Crippen LogP) is 5.80. The monoisotopic (exact) mass is 513 g/mol. The van der Waals surface area contributed by atoms with Gasteiger partial charge in [-0.15, -0.1) is 9.97 Å². The van der Waals surface area contributed by atoms with Crippen LogP contribution in [0, 0.1) is 27.7 Å². The Balaban J connectivity index is 1.33. The summed E-state index contributed by atoms with van der Waals surface area (Å²) in [7, 11) is 0. The third kappa shape index (κ3) is 8.93. The number of nitrogens with zero attached hydrogens (tertiary/aromatic N) is 2. The lowest BCUT2D eigenvalue weighted by Gasteiger charge is -2.10. The normalized spacial score (nSPS) is 11.0. The molecule has 3 rings (SSSR count). The van der Waals surface area contributed by atoms with Crippen LogP contribution in [0.4, 0.5) is 0 Å². The molecule has 0 aliphatic carbocycles. The fourth-order valence-corrected chi connectivity index (χ4v) is 5.89. The highest BCUT2D eigenvalue weighted by Crippen LogP contribution is 2.21. The number of rotatable bonds is 14. The molecule has 0 atom stereocenters. The van der Waals surface area contributed by atoms with Gasteiger partial charge in [0.05, 0.1) is 13.2 Å². The van der Waals surface area contributed by atoms with Crippen molar-refractivity contribution in [3.63, 3.8) is 0 Å². The highest BCUT2D eigenvalue weighted by atomic mass is 32.2. The molecule has 0 saturated heterocycles. The number of thioether (sulfide) groups is 2. The van der Waals surface area contributed by atoms with Crippen molar-refractivity contribution >= 4 is 23.5 Å². The van der Waals surface area contributed by atoms with E-state index in [0.717, 1.165) is 35.9 Å². The molecule has 3 aromatic rings. The lowest BCUT2D eigenvalue weighted by Crippen LogP contribution is -2.17. The molecule has 0 saturated carbocycles. The molecule has 1 heterocycles. The van der Waals surface area contributed by atoms with Gasteiger partial charge in [-0.05, 0) is 85.4 Å². The van der Waals surface area contributed by atoms with Crippen molar-refractivity contribution in [3.05, 3.63) is 80.3 Å². The smallest absolute Gasteiger partial charge is 0.353 e. The number of aryl methyl sites for hydroxylation is 4. The summed E-state index contributed by atoms with van der Waals surface area (Å²) in [5.41, 5.74) is 7.63. The predicted molar refractivity (Wildman–Crippen MR) is 147 cm³/mol. The van der Waals surface area contributed by atoms with Crippen LogP contribution in [0.5, 0.6) is 12.0 Å². The minimum atomic E-state index is -0.515. The number of benzene rings is 2. The van der Waals surface area contributed by atoms with Crippen LogP contribution < -0.4 is 15.2 Å². The van der Waals surface area contributed by atoms with Crippen LogP contribution in [-0.4, -0.2) is 39.7 Å². The third-order valence-electron chi connectivity index (χ3n) is 5.73. The van der Waals surface area contributed by atoms with E-state index in [1.54, 1.807) is 0 Å². The molecule has 0 fully saturated rings. The minimum Gasteiger partial charge on any atom is -0.465 e. The van der Waals surface area contributed by atoms with Gasteiger partial charge in [-0.3, -0.25) is 4.98 Å². The van der Waals surface area contributed by atoms with Crippen molar-refractivity contribution in [2.24, 2.45) is 0 Å². The molecule has 8 heteroatoms. The van der Waals surface area contributed by atoms with E-state index in [9.17, 15) is 4.79 Å². The fraction of sp³-hybridized carbons (Fsp3) is 0.444. The second-order valence-corrected chi connectivity index (χ2v) is 10.7. The molecule has 1 N–H and O–H groups in total. The lowest BCUT2D eigenvalue weighted by molar-refractivity contribution is 0.260. The Morgan fingerprint density at radius 1 is 0.743 bits per heavy atom. The van der Waals surface area contributed by atoms with Crippen LogP contribution in [0.1, 0.15) is 46.2 Å². The molecular formula is C27H35N3O3S2. The van der Waals surface area contributed by atoms with Gasteiger partial charge in [-0.25, -0.2) is 4.79 Å². The first-order valence-electron chi connectivity index (χ1n) is 11.9. The summed E-state index contributed by atoms with van der Waals surface area (Å²) < 4.78 is 11.2.